The van der Waals surface area contributed by atoms with Crippen molar-refractivity contribution in [3.63, 3.8) is 0 Å². The molecular formula is C21H24N6O2. The fraction of sp³-hybridized carbons (Fsp3) is 0.429. The van der Waals surface area contributed by atoms with Gasteiger partial charge in [0.1, 0.15) is 11.5 Å². The summed E-state index contributed by atoms with van der Waals surface area (Å²) in [6, 6.07) is 0.176. The summed E-state index contributed by atoms with van der Waals surface area (Å²) in [5.74, 6) is 0.691. The molecule has 4 heterocycles. The summed E-state index contributed by atoms with van der Waals surface area (Å²) >= 11 is 0. The molecule has 1 aliphatic heterocycles. The van der Waals surface area contributed by atoms with Gasteiger partial charge in [-0.25, -0.2) is 9.97 Å². The van der Waals surface area contributed by atoms with Gasteiger partial charge in [0.2, 0.25) is 0 Å². The molecule has 0 aliphatic carbocycles. The van der Waals surface area contributed by atoms with E-state index in [2.05, 4.69) is 20.1 Å². The smallest absolute Gasteiger partial charge is 0.274 e. The number of aryl methyl sites for hydroxylation is 4. The highest BCUT2D eigenvalue weighted by Gasteiger charge is 2.30. The SMILES string of the molecule is Cc1cnc(C(=O)N2CCCC2CCc2cncc(-c3c(C)noc3C)n2)cn1. The van der Waals surface area contributed by atoms with Crippen LogP contribution in [0.3, 0.4) is 0 Å². The minimum atomic E-state index is -0.0458. The number of aromatic nitrogens is 5. The van der Waals surface area contributed by atoms with Crippen LogP contribution in [-0.4, -0.2) is 48.5 Å². The lowest BCUT2D eigenvalue weighted by molar-refractivity contribution is 0.0724. The molecule has 0 aromatic carbocycles. The molecule has 4 rings (SSSR count). The summed E-state index contributed by atoms with van der Waals surface area (Å²) in [6.45, 7) is 6.39. The first-order valence-electron chi connectivity index (χ1n) is 9.86. The lowest BCUT2D eigenvalue weighted by atomic mass is 10.1. The van der Waals surface area contributed by atoms with Gasteiger partial charge in [-0.2, -0.15) is 0 Å². The number of hydrogen-bond donors (Lipinski definition) is 0. The van der Waals surface area contributed by atoms with Crippen molar-refractivity contribution < 1.29 is 9.32 Å². The van der Waals surface area contributed by atoms with Gasteiger partial charge < -0.3 is 9.42 Å². The van der Waals surface area contributed by atoms with Gasteiger partial charge in [-0.1, -0.05) is 5.16 Å². The fourth-order valence-electron chi connectivity index (χ4n) is 3.86. The second kappa shape index (κ2) is 8.06. The molecule has 150 valence electrons. The number of nitrogens with zero attached hydrogens (tertiary/aromatic N) is 6. The van der Waals surface area contributed by atoms with E-state index in [1.807, 2.05) is 25.7 Å². The molecule has 29 heavy (non-hydrogen) atoms. The van der Waals surface area contributed by atoms with Crippen LogP contribution in [0.1, 0.15) is 52.6 Å². The Kier molecular flexibility index (Phi) is 5.33. The Balaban J connectivity index is 1.45. The topological polar surface area (TPSA) is 97.9 Å². The second-order valence-electron chi connectivity index (χ2n) is 7.47. The van der Waals surface area contributed by atoms with Crippen molar-refractivity contribution in [2.75, 3.05) is 6.54 Å². The minimum Gasteiger partial charge on any atom is -0.361 e. The molecule has 3 aromatic rings. The van der Waals surface area contributed by atoms with Gasteiger partial charge in [-0.3, -0.25) is 14.8 Å². The molecule has 8 heteroatoms. The molecule has 1 amide bonds. The summed E-state index contributed by atoms with van der Waals surface area (Å²) < 4.78 is 5.25. The molecule has 1 atom stereocenters. The Hall–Kier alpha value is -3.16. The minimum absolute atomic E-state index is 0.0458. The number of amides is 1. The summed E-state index contributed by atoms with van der Waals surface area (Å²) in [6.07, 6.45) is 10.3. The Morgan fingerprint density at radius 1 is 1.17 bits per heavy atom. The van der Waals surface area contributed by atoms with Gasteiger partial charge in [-0.05, 0) is 46.5 Å². The maximum Gasteiger partial charge on any atom is 0.274 e. The first kappa shape index (κ1) is 19.2. The van der Waals surface area contributed by atoms with Gasteiger partial charge in [0.15, 0.2) is 0 Å². The van der Waals surface area contributed by atoms with E-state index in [0.29, 0.717) is 5.69 Å². The van der Waals surface area contributed by atoms with E-state index < -0.39 is 0 Å². The van der Waals surface area contributed by atoms with E-state index in [4.69, 9.17) is 9.51 Å². The zero-order valence-electron chi connectivity index (χ0n) is 16.9. The van der Waals surface area contributed by atoms with Crippen molar-refractivity contribution in [2.45, 2.75) is 52.5 Å². The van der Waals surface area contributed by atoms with Crippen LogP contribution in [0.4, 0.5) is 0 Å². The second-order valence-corrected chi connectivity index (χ2v) is 7.47. The van der Waals surface area contributed by atoms with Crippen molar-refractivity contribution in [1.82, 2.24) is 30.0 Å². The average molecular weight is 392 g/mol. The molecule has 1 unspecified atom stereocenters. The summed E-state index contributed by atoms with van der Waals surface area (Å²) in [5, 5.41) is 4.00. The van der Waals surface area contributed by atoms with Gasteiger partial charge in [0, 0.05) is 25.0 Å². The van der Waals surface area contributed by atoms with E-state index >= 15 is 0 Å². The van der Waals surface area contributed by atoms with Gasteiger partial charge in [0.25, 0.3) is 5.91 Å². The average Bonchev–Trinajstić information content (AvgIpc) is 3.33. The molecule has 8 nitrogen and oxygen atoms in total. The van der Waals surface area contributed by atoms with Crippen molar-refractivity contribution in [3.05, 3.63) is 53.3 Å². The van der Waals surface area contributed by atoms with Crippen LogP contribution in [0.25, 0.3) is 11.3 Å². The fourth-order valence-corrected chi connectivity index (χ4v) is 3.86. The van der Waals surface area contributed by atoms with Gasteiger partial charge >= 0.3 is 0 Å². The molecule has 0 bridgehead atoms. The van der Waals surface area contributed by atoms with Gasteiger partial charge in [0.05, 0.1) is 40.7 Å². The van der Waals surface area contributed by atoms with E-state index in [0.717, 1.165) is 66.3 Å². The van der Waals surface area contributed by atoms with Crippen molar-refractivity contribution in [3.8, 4) is 11.3 Å². The molecule has 1 aliphatic rings. The quantitative estimate of drug-likeness (QED) is 0.658. The number of carbonyl (C=O) groups is 1. The maximum absolute atomic E-state index is 12.8. The molecule has 0 radical (unpaired) electrons. The predicted octanol–water partition coefficient (Wildman–Crippen LogP) is 3.08. The molecule has 0 N–H and O–H groups in total. The third-order valence-corrected chi connectivity index (χ3v) is 5.35. The monoisotopic (exact) mass is 392 g/mol. The van der Waals surface area contributed by atoms with Crippen molar-refractivity contribution in [1.29, 1.82) is 0 Å². The Morgan fingerprint density at radius 2 is 2.03 bits per heavy atom. The molecule has 1 saturated heterocycles. The molecule has 3 aromatic heterocycles. The molecule has 1 fully saturated rings. The van der Waals surface area contributed by atoms with Crippen molar-refractivity contribution in [2.24, 2.45) is 0 Å². The van der Waals surface area contributed by atoms with E-state index in [1.165, 1.54) is 0 Å². The standard InChI is InChI=1S/C21H24N6O2/c1-13-9-24-19(12-23-13)21(28)27-8-4-5-17(27)7-6-16-10-22-11-18(25-16)20-14(2)26-29-15(20)3/h9-12,17H,4-8H2,1-3H3. The molecule has 0 spiro atoms. The first-order chi connectivity index (χ1) is 14.0. The summed E-state index contributed by atoms with van der Waals surface area (Å²) in [5.41, 5.74) is 4.58. The van der Waals surface area contributed by atoms with E-state index in [9.17, 15) is 4.79 Å². The molecular weight excluding hydrogens is 368 g/mol. The number of carbonyl (C=O) groups excluding carboxylic acids is 1. The summed E-state index contributed by atoms with van der Waals surface area (Å²) in [7, 11) is 0. The van der Waals surface area contributed by atoms with Crippen LogP contribution < -0.4 is 0 Å². The predicted molar refractivity (Wildman–Crippen MR) is 106 cm³/mol. The Labute approximate surface area is 169 Å². The van der Waals surface area contributed by atoms with Crippen LogP contribution in [0, 0.1) is 20.8 Å². The lowest BCUT2D eigenvalue weighted by Crippen LogP contribution is -2.36. The highest BCUT2D eigenvalue weighted by Crippen LogP contribution is 2.26. The van der Waals surface area contributed by atoms with Crippen LogP contribution in [0.15, 0.2) is 29.3 Å². The first-order valence-corrected chi connectivity index (χ1v) is 9.86. The Morgan fingerprint density at radius 3 is 2.76 bits per heavy atom. The third kappa shape index (κ3) is 4.01. The third-order valence-electron chi connectivity index (χ3n) is 5.35. The number of hydrogen-bond acceptors (Lipinski definition) is 7. The highest BCUT2D eigenvalue weighted by molar-refractivity contribution is 5.92. The van der Waals surface area contributed by atoms with Crippen molar-refractivity contribution >= 4 is 5.91 Å². The highest BCUT2D eigenvalue weighted by atomic mass is 16.5. The lowest BCUT2D eigenvalue weighted by Gasteiger charge is -2.24. The number of rotatable bonds is 5. The van der Waals surface area contributed by atoms with E-state index in [1.54, 1.807) is 24.8 Å². The maximum atomic E-state index is 12.8. The molecule has 0 saturated carbocycles. The largest absolute Gasteiger partial charge is 0.361 e. The zero-order chi connectivity index (χ0) is 20.4. The van der Waals surface area contributed by atoms with Crippen LogP contribution >= 0.6 is 0 Å². The van der Waals surface area contributed by atoms with Crippen LogP contribution in [0.2, 0.25) is 0 Å². The normalized spacial score (nSPS) is 16.4. The van der Waals surface area contributed by atoms with Gasteiger partial charge in [-0.15, -0.1) is 0 Å². The number of likely N-dealkylation sites (tertiary alicyclic amines) is 1. The van der Waals surface area contributed by atoms with Crippen LogP contribution in [-0.2, 0) is 6.42 Å². The Bertz CT molecular complexity index is 995. The van der Waals surface area contributed by atoms with E-state index in [-0.39, 0.29) is 11.9 Å². The summed E-state index contributed by atoms with van der Waals surface area (Å²) in [4.78, 5) is 32.3. The van der Waals surface area contributed by atoms with Crippen LogP contribution in [0.5, 0.6) is 0 Å². The zero-order valence-corrected chi connectivity index (χ0v) is 16.9.